The van der Waals surface area contributed by atoms with E-state index in [1.165, 1.54) is 16.2 Å². The van der Waals surface area contributed by atoms with E-state index < -0.39 is 11.2 Å². The Morgan fingerprint density at radius 1 is 1.32 bits per heavy atom. The van der Waals surface area contributed by atoms with E-state index in [0.29, 0.717) is 13.1 Å². The van der Waals surface area contributed by atoms with Crippen molar-refractivity contribution in [1.29, 1.82) is 5.26 Å². The Kier molecular flexibility index (Phi) is 4.61. The van der Waals surface area contributed by atoms with Gasteiger partial charge in [0.15, 0.2) is 11.2 Å². The molecule has 116 valence electrons. The summed E-state index contributed by atoms with van der Waals surface area (Å²) in [7, 11) is 1.44. The molecule has 0 fully saturated rings. The van der Waals surface area contributed by atoms with E-state index in [2.05, 4.69) is 18.5 Å². The number of imidazole rings is 1. The zero-order valence-corrected chi connectivity index (χ0v) is 12.9. The van der Waals surface area contributed by atoms with Gasteiger partial charge in [0, 0.05) is 20.1 Å². The zero-order chi connectivity index (χ0) is 16.3. The Morgan fingerprint density at radius 2 is 2.05 bits per heavy atom. The van der Waals surface area contributed by atoms with Crippen molar-refractivity contribution in [2.75, 3.05) is 0 Å². The van der Waals surface area contributed by atoms with Gasteiger partial charge < -0.3 is 4.57 Å². The van der Waals surface area contributed by atoms with Gasteiger partial charge in [-0.2, -0.15) is 5.26 Å². The topological polar surface area (TPSA) is 85.6 Å². The fourth-order valence-electron chi connectivity index (χ4n) is 2.47. The number of hydrogen-bond donors (Lipinski definition) is 0. The largest absolute Gasteiger partial charge is 0.332 e. The molecular weight excluding hydrogens is 282 g/mol. The van der Waals surface area contributed by atoms with Gasteiger partial charge in [-0.25, -0.2) is 9.78 Å². The molecule has 2 heterocycles. The second-order valence-electron chi connectivity index (χ2n) is 5.12. The van der Waals surface area contributed by atoms with Gasteiger partial charge in [0.05, 0.1) is 0 Å². The SMILES string of the molecule is C=CCn1c(C#N)nc2c1c(=O)n(C)c(=O)n2CCCCC. The molecule has 0 N–H and O–H groups in total. The minimum Gasteiger partial charge on any atom is -0.306 e. The summed E-state index contributed by atoms with van der Waals surface area (Å²) in [4.78, 5) is 28.9. The number of hydrogen-bond acceptors (Lipinski definition) is 4. The van der Waals surface area contributed by atoms with Gasteiger partial charge in [-0.05, 0) is 6.42 Å². The highest BCUT2D eigenvalue weighted by molar-refractivity contribution is 5.72. The predicted molar refractivity (Wildman–Crippen MR) is 83.7 cm³/mol. The quantitative estimate of drug-likeness (QED) is 0.591. The van der Waals surface area contributed by atoms with Crippen molar-refractivity contribution in [1.82, 2.24) is 18.7 Å². The van der Waals surface area contributed by atoms with Crippen molar-refractivity contribution in [3.05, 3.63) is 39.3 Å². The second kappa shape index (κ2) is 6.43. The molecule has 0 bridgehead atoms. The normalized spacial score (nSPS) is 10.8. The molecule has 0 saturated heterocycles. The Balaban J connectivity index is 2.80. The lowest BCUT2D eigenvalue weighted by molar-refractivity contribution is 0.566. The lowest BCUT2D eigenvalue weighted by Crippen LogP contribution is -2.38. The van der Waals surface area contributed by atoms with Gasteiger partial charge in [0.1, 0.15) is 6.07 Å². The number of nitriles is 1. The molecule has 0 aliphatic rings. The highest BCUT2D eigenvalue weighted by Gasteiger charge is 2.19. The molecule has 0 saturated carbocycles. The number of aryl methyl sites for hydroxylation is 1. The molecule has 2 aromatic heterocycles. The van der Waals surface area contributed by atoms with Crippen molar-refractivity contribution in [3.8, 4) is 6.07 Å². The number of aromatic nitrogens is 4. The lowest BCUT2D eigenvalue weighted by Gasteiger charge is -2.09. The fourth-order valence-corrected chi connectivity index (χ4v) is 2.47. The van der Waals surface area contributed by atoms with Crippen LogP contribution < -0.4 is 11.2 Å². The van der Waals surface area contributed by atoms with Gasteiger partial charge in [-0.3, -0.25) is 13.9 Å². The van der Waals surface area contributed by atoms with E-state index in [4.69, 9.17) is 0 Å². The van der Waals surface area contributed by atoms with Crippen molar-refractivity contribution >= 4 is 11.2 Å². The van der Waals surface area contributed by atoms with Crippen LogP contribution in [-0.4, -0.2) is 18.7 Å². The van der Waals surface area contributed by atoms with Gasteiger partial charge in [-0.1, -0.05) is 25.8 Å². The van der Waals surface area contributed by atoms with Crippen LogP contribution in [0.3, 0.4) is 0 Å². The van der Waals surface area contributed by atoms with Crippen LogP contribution in [0.4, 0.5) is 0 Å². The number of rotatable bonds is 6. The van der Waals surface area contributed by atoms with E-state index >= 15 is 0 Å². The Hall–Kier alpha value is -2.62. The molecule has 2 rings (SSSR count). The maximum atomic E-state index is 12.4. The van der Waals surface area contributed by atoms with Crippen LogP contribution in [0.15, 0.2) is 22.2 Å². The maximum absolute atomic E-state index is 12.4. The molecule has 0 spiro atoms. The standard InChI is InChI=1S/C15H19N5O2/c1-4-6-7-9-20-13-12(14(21)18(3)15(20)22)19(8-5-2)11(10-16)17-13/h5H,2,4,6-9H2,1,3H3. The minimum absolute atomic E-state index is 0.113. The number of fused-ring (bicyclic) bond motifs is 1. The highest BCUT2D eigenvalue weighted by atomic mass is 16.2. The Bertz CT molecular complexity index is 863. The summed E-state index contributed by atoms with van der Waals surface area (Å²) in [6.45, 7) is 6.48. The Labute approximate surface area is 127 Å². The van der Waals surface area contributed by atoms with Crippen molar-refractivity contribution in [3.63, 3.8) is 0 Å². The first-order valence-corrected chi connectivity index (χ1v) is 7.27. The summed E-state index contributed by atoms with van der Waals surface area (Å²) >= 11 is 0. The molecule has 7 heteroatoms. The van der Waals surface area contributed by atoms with Crippen molar-refractivity contribution in [2.24, 2.45) is 7.05 Å². The molecule has 0 radical (unpaired) electrons. The summed E-state index contributed by atoms with van der Waals surface area (Å²) in [5.74, 6) is 0.113. The number of unbranched alkanes of at least 4 members (excludes halogenated alkanes) is 2. The second-order valence-corrected chi connectivity index (χ2v) is 5.12. The van der Waals surface area contributed by atoms with Gasteiger partial charge in [0.25, 0.3) is 5.56 Å². The van der Waals surface area contributed by atoms with Crippen LogP contribution in [-0.2, 0) is 20.1 Å². The smallest absolute Gasteiger partial charge is 0.306 e. The van der Waals surface area contributed by atoms with Crippen LogP contribution in [0.2, 0.25) is 0 Å². The van der Waals surface area contributed by atoms with Crippen molar-refractivity contribution < 1.29 is 0 Å². The van der Waals surface area contributed by atoms with Gasteiger partial charge in [-0.15, -0.1) is 6.58 Å². The van der Waals surface area contributed by atoms with Crippen molar-refractivity contribution in [2.45, 2.75) is 39.3 Å². The molecule has 0 atom stereocenters. The van der Waals surface area contributed by atoms with E-state index in [9.17, 15) is 14.9 Å². The van der Waals surface area contributed by atoms with E-state index in [0.717, 1.165) is 23.8 Å². The molecule has 2 aromatic rings. The van der Waals surface area contributed by atoms with Gasteiger partial charge >= 0.3 is 5.69 Å². The van der Waals surface area contributed by atoms with Crippen LogP contribution in [0, 0.1) is 11.3 Å². The van der Waals surface area contributed by atoms with Crippen LogP contribution in [0.25, 0.3) is 11.2 Å². The summed E-state index contributed by atoms with van der Waals surface area (Å²) in [6, 6.07) is 1.97. The maximum Gasteiger partial charge on any atom is 0.332 e. The summed E-state index contributed by atoms with van der Waals surface area (Å²) in [5.41, 5.74) is -0.290. The van der Waals surface area contributed by atoms with Crippen LogP contribution in [0.1, 0.15) is 32.0 Å². The molecule has 0 aliphatic heterocycles. The average Bonchev–Trinajstić information content (AvgIpc) is 2.87. The van der Waals surface area contributed by atoms with E-state index in [1.807, 2.05) is 6.07 Å². The highest BCUT2D eigenvalue weighted by Crippen LogP contribution is 2.12. The number of allylic oxidation sites excluding steroid dienone is 1. The summed E-state index contributed by atoms with van der Waals surface area (Å²) in [6.07, 6.45) is 4.42. The summed E-state index contributed by atoms with van der Waals surface area (Å²) < 4.78 is 4.05. The molecular formula is C15H19N5O2. The number of nitrogens with zero attached hydrogens (tertiary/aromatic N) is 5. The molecule has 0 unspecified atom stereocenters. The average molecular weight is 301 g/mol. The zero-order valence-electron chi connectivity index (χ0n) is 12.9. The van der Waals surface area contributed by atoms with Crippen LogP contribution >= 0.6 is 0 Å². The molecule has 0 amide bonds. The first kappa shape index (κ1) is 15.8. The fraction of sp³-hybridized carbons (Fsp3) is 0.467. The van der Waals surface area contributed by atoms with Gasteiger partial charge in [0.2, 0.25) is 5.82 Å². The molecule has 22 heavy (non-hydrogen) atoms. The van der Waals surface area contributed by atoms with E-state index in [1.54, 1.807) is 6.08 Å². The predicted octanol–water partition coefficient (Wildman–Crippen LogP) is 1.14. The molecule has 0 aromatic carbocycles. The first-order valence-electron chi connectivity index (χ1n) is 7.27. The lowest BCUT2D eigenvalue weighted by atomic mass is 10.2. The van der Waals surface area contributed by atoms with Crippen LogP contribution in [0.5, 0.6) is 0 Å². The first-order chi connectivity index (χ1) is 10.6. The summed E-state index contributed by atoms with van der Waals surface area (Å²) in [5, 5.41) is 9.22. The monoisotopic (exact) mass is 301 g/mol. The third kappa shape index (κ3) is 2.48. The Morgan fingerprint density at radius 3 is 2.64 bits per heavy atom. The molecule has 0 aliphatic carbocycles. The minimum atomic E-state index is -0.442. The third-order valence-corrected chi connectivity index (χ3v) is 3.63. The molecule has 7 nitrogen and oxygen atoms in total. The third-order valence-electron chi connectivity index (χ3n) is 3.63. The van der Waals surface area contributed by atoms with E-state index in [-0.39, 0.29) is 17.0 Å².